The average molecular weight is 308 g/mol. The number of aryl methyl sites for hydroxylation is 1. The molecule has 0 aliphatic rings. The summed E-state index contributed by atoms with van der Waals surface area (Å²) in [5.41, 5.74) is 3.57. The second-order valence-corrected chi connectivity index (χ2v) is 6.38. The molecular formula is C20H24N2O. The lowest BCUT2D eigenvalue weighted by Gasteiger charge is -2.11. The number of fused-ring (bicyclic) bond motifs is 1. The number of hydrogen-bond acceptors (Lipinski definition) is 2. The minimum Gasteiger partial charge on any atom is -0.497 e. The summed E-state index contributed by atoms with van der Waals surface area (Å²) in [5.74, 6) is 2.71. The predicted octanol–water partition coefficient (Wildman–Crippen LogP) is 4.68. The van der Waals surface area contributed by atoms with E-state index in [0.717, 1.165) is 36.5 Å². The summed E-state index contributed by atoms with van der Waals surface area (Å²) in [6.07, 6.45) is 2.01. The molecule has 0 aliphatic carbocycles. The van der Waals surface area contributed by atoms with Gasteiger partial charge in [0.1, 0.15) is 11.6 Å². The maximum atomic E-state index is 5.24. The van der Waals surface area contributed by atoms with Crippen LogP contribution in [0.15, 0.2) is 48.5 Å². The van der Waals surface area contributed by atoms with Gasteiger partial charge in [0.15, 0.2) is 0 Å². The number of nitrogens with zero attached hydrogens (tertiary/aromatic N) is 2. The second-order valence-electron chi connectivity index (χ2n) is 6.38. The minimum atomic E-state index is 0.685. The Labute approximate surface area is 137 Å². The topological polar surface area (TPSA) is 27.1 Å². The molecule has 0 bridgehead atoms. The number of benzene rings is 2. The number of para-hydroxylation sites is 2. The Morgan fingerprint density at radius 3 is 2.48 bits per heavy atom. The van der Waals surface area contributed by atoms with Crippen LogP contribution >= 0.6 is 0 Å². The highest BCUT2D eigenvalue weighted by molar-refractivity contribution is 5.76. The number of imidazole rings is 1. The van der Waals surface area contributed by atoms with Crippen molar-refractivity contribution in [3.8, 4) is 5.75 Å². The van der Waals surface area contributed by atoms with Crippen molar-refractivity contribution in [2.45, 2.75) is 33.2 Å². The van der Waals surface area contributed by atoms with Gasteiger partial charge in [-0.3, -0.25) is 0 Å². The van der Waals surface area contributed by atoms with Gasteiger partial charge in [0, 0.05) is 13.0 Å². The summed E-state index contributed by atoms with van der Waals surface area (Å²) in [4.78, 5) is 4.86. The first-order valence-electron chi connectivity index (χ1n) is 8.24. The summed E-state index contributed by atoms with van der Waals surface area (Å²) in [7, 11) is 1.69. The standard InChI is InChI=1S/C20H24N2O/c1-15(2)12-13-22-19-7-5-4-6-18(19)21-20(22)14-16-8-10-17(23-3)11-9-16/h4-11,15H,12-14H2,1-3H3. The Kier molecular flexibility index (Phi) is 4.65. The highest BCUT2D eigenvalue weighted by Crippen LogP contribution is 2.21. The van der Waals surface area contributed by atoms with Crippen LogP contribution in [0.25, 0.3) is 11.0 Å². The molecular weight excluding hydrogens is 284 g/mol. The van der Waals surface area contributed by atoms with Gasteiger partial charge in [0.05, 0.1) is 18.1 Å². The molecule has 0 amide bonds. The van der Waals surface area contributed by atoms with E-state index in [0.29, 0.717) is 5.92 Å². The zero-order valence-corrected chi connectivity index (χ0v) is 14.1. The van der Waals surface area contributed by atoms with Gasteiger partial charge >= 0.3 is 0 Å². The summed E-state index contributed by atoms with van der Waals surface area (Å²) in [6, 6.07) is 16.7. The fourth-order valence-electron chi connectivity index (χ4n) is 2.82. The van der Waals surface area contributed by atoms with Crippen molar-refractivity contribution in [2.75, 3.05) is 7.11 Å². The van der Waals surface area contributed by atoms with Gasteiger partial charge in [-0.05, 0) is 42.2 Å². The zero-order valence-electron chi connectivity index (χ0n) is 14.1. The highest BCUT2D eigenvalue weighted by atomic mass is 16.5. The molecule has 0 radical (unpaired) electrons. The lowest BCUT2D eigenvalue weighted by molar-refractivity contribution is 0.414. The van der Waals surface area contributed by atoms with Gasteiger partial charge < -0.3 is 9.30 Å². The van der Waals surface area contributed by atoms with E-state index in [2.05, 4.69) is 54.8 Å². The number of aromatic nitrogens is 2. The number of methoxy groups -OCH3 is 1. The lowest BCUT2D eigenvalue weighted by atomic mass is 10.1. The van der Waals surface area contributed by atoms with Crippen LogP contribution in [0, 0.1) is 5.92 Å². The van der Waals surface area contributed by atoms with E-state index in [1.54, 1.807) is 7.11 Å². The third kappa shape index (κ3) is 3.55. The molecule has 3 rings (SSSR count). The maximum Gasteiger partial charge on any atom is 0.118 e. The molecule has 0 spiro atoms. The maximum absolute atomic E-state index is 5.24. The molecule has 23 heavy (non-hydrogen) atoms. The fraction of sp³-hybridized carbons (Fsp3) is 0.350. The van der Waals surface area contributed by atoms with Gasteiger partial charge in [-0.15, -0.1) is 0 Å². The van der Waals surface area contributed by atoms with Crippen molar-refractivity contribution in [2.24, 2.45) is 5.92 Å². The van der Waals surface area contributed by atoms with Crippen molar-refractivity contribution in [1.29, 1.82) is 0 Å². The molecule has 3 aromatic rings. The molecule has 0 unspecified atom stereocenters. The van der Waals surface area contributed by atoms with E-state index >= 15 is 0 Å². The second kappa shape index (κ2) is 6.86. The van der Waals surface area contributed by atoms with Crippen molar-refractivity contribution in [1.82, 2.24) is 9.55 Å². The van der Waals surface area contributed by atoms with E-state index in [4.69, 9.17) is 9.72 Å². The first-order chi connectivity index (χ1) is 11.2. The number of hydrogen-bond donors (Lipinski definition) is 0. The largest absolute Gasteiger partial charge is 0.497 e. The van der Waals surface area contributed by atoms with Gasteiger partial charge in [0.25, 0.3) is 0 Å². The summed E-state index contributed by atoms with van der Waals surface area (Å²) >= 11 is 0. The number of rotatable bonds is 6. The van der Waals surface area contributed by atoms with Crippen molar-refractivity contribution in [3.05, 3.63) is 59.9 Å². The fourth-order valence-corrected chi connectivity index (χ4v) is 2.82. The molecule has 3 nitrogen and oxygen atoms in total. The highest BCUT2D eigenvalue weighted by Gasteiger charge is 2.11. The van der Waals surface area contributed by atoms with Crippen LogP contribution in [-0.4, -0.2) is 16.7 Å². The molecule has 120 valence electrons. The molecule has 0 aliphatic heterocycles. The Hall–Kier alpha value is -2.29. The van der Waals surface area contributed by atoms with Crippen molar-refractivity contribution >= 4 is 11.0 Å². The summed E-state index contributed by atoms with van der Waals surface area (Å²) in [5, 5.41) is 0. The summed E-state index contributed by atoms with van der Waals surface area (Å²) in [6.45, 7) is 5.55. The van der Waals surface area contributed by atoms with E-state index in [1.165, 1.54) is 11.1 Å². The Morgan fingerprint density at radius 2 is 1.78 bits per heavy atom. The SMILES string of the molecule is COc1ccc(Cc2nc3ccccc3n2CCC(C)C)cc1. The Morgan fingerprint density at radius 1 is 1.04 bits per heavy atom. The van der Waals surface area contributed by atoms with Crippen LogP contribution in [-0.2, 0) is 13.0 Å². The van der Waals surface area contributed by atoms with E-state index < -0.39 is 0 Å². The molecule has 2 aromatic carbocycles. The van der Waals surface area contributed by atoms with Gasteiger partial charge in [0.2, 0.25) is 0 Å². The van der Waals surface area contributed by atoms with Crippen LogP contribution in [0.5, 0.6) is 5.75 Å². The monoisotopic (exact) mass is 308 g/mol. The van der Waals surface area contributed by atoms with Crippen molar-refractivity contribution < 1.29 is 4.74 Å². The van der Waals surface area contributed by atoms with Crippen LogP contribution < -0.4 is 4.74 Å². The third-order valence-electron chi connectivity index (χ3n) is 4.18. The van der Waals surface area contributed by atoms with Crippen molar-refractivity contribution in [3.63, 3.8) is 0 Å². The molecule has 3 heteroatoms. The minimum absolute atomic E-state index is 0.685. The van der Waals surface area contributed by atoms with Crippen LogP contribution in [0.3, 0.4) is 0 Å². The van der Waals surface area contributed by atoms with Gasteiger partial charge in [-0.2, -0.15) is 0 Å². The lowest BCUT2D eigenvalue weighted by Crippen LogP contribution is -2.07. The quantitative estimate of drug-likeness (QED) is 0.661. The third-order valence-corrected chi connectivity index (χ3v) is 4.18. The van der Waals surface area contributed by atoms with E-state index in [-0.39, 0.29) is 0 Å². The molecule has 0 N–H and O–H groups in total. The number of ether oxygens (including phenoxy) is 1. The molecule has 1 heterocycles. The van der Waals surface area contributed by atoms with Crippen LogP contribution in [0.1, 0.15) is 31.7 Å². The molecule has 0 atom stereocenters. The predicted molar refractivity (Wildman–Crippen MR) is 95.0 cm³/mol. The molecule has 1 aromatic heterocycles. The molecule has 0 fully saturated rings. The first kappa shape index (κ1) is 15.6. The normalized spacial score (nSPS) is 11.3. The van der Waals surface area contributed by atoms with Crippen LogP contribution in [0.2, 0.25) is 0 Å². The Bertz CT molecular complexity index is 772. The molecule has 0 saturated carbocycles. The smallest absolute Gasteiger partial charge is 0.118 e. The van der Waals surface area contributed by atoms with Crippen LogP contribution in [0.4, 0.5) is 0 Å². The zero-order chi connectivity index (χ0) is 16.2. The average Bonchev–Trinajstić information content (AvgIpc) is 2.90. The van der Waals surface area contributed by atoms with Gasteiger partial charge in [-0.25, -0.2) is 4.98 Å². The van der Waals surface area contributed by atoms with Gasteiger partial charge in [-0.1, -0.05) is 38.1 Å². The summed E-state index contributed by atoms with van der Waals surface area (Å²) < 4.78 is 7.61. The first-order valence-corrected chi connectivity index (χ1v) is 8.24. The molecule has 0 saturated heterocycles. The van der Waals surface area contributed by atoms with E-state index in [1.807, 2.05) is 12.1 Å². The van der Waals surface area contributed by atoms with E-state index in [9.17, 15) is 0 Å². The Balaban J connectivity index is 1.92.